The van der Waals surface area contributed by atoms with Crippen molar-refractivity contribution in [2.24, 2.45) is 11.8 Å². The number of aliphatic carboxylic acids is 1. The van der Waals surface area contributed by atoms with Gasteiger partial charge in [-0.2, -0.15) is 0 Å². The molecule has 0 aromatic heterocycles. The summed E-state index contributed by atoms with van der Waals surface area (Å²) < 4.78 is 0. The molecule has 0 rings (SSSR count). The van der Waals surface area contributed by atoms with Crippen LogP contribution in [0.15, 0.2) is 0 Å². The van der Waals surface area contributed by atoms with Gasteiger partial charge in [0.2, 0.25) is 0 Å². The second-order valence-electron chi connectivity index (χ2n) is 3.49. The van der Waals surface area contributed by atoms with E-state index < -0.39 is 5.97 Å². The van der Waals surface area contributed by atoms with Crippen LogP contribution in [0.25, 0.3) is 0 Å². The minimum Gasteiger partial charge on any atom is -0.481 e. The number of hydrogen-bond acceptors (Lipinski definition) is 2. The first-order chi connectivity index (χ1) is 5.43. The van der Waals surface area contributed by atoms with E-state index in [1.165, 1.54) is 6.92 Å². The quantitative estimate of drug-likeness (QED) is 0.686. The molecule has 3 nitrogen and oxygen atoms in total. The molecule has 0 radical (unpaired) electrons. The van der Waals surface area contributed by atoms with E-state index in [0.717, 1.165) is 0 Å². The van der Waals surface area contributed by atoms with Crippen molar-refractivity contribution in [3.05, 3.63) is 0 Å². The number of carboxylic acid groups (broad SMARTS) is 1. The Bertz CT molecular complexity index is 175. The normalized spacial score (nSPS) is 15.2. The molecule has 0 aliphatic carbocycles. The molecule has 70 valence electrons. The van der Waals surface area contributed by atoms with E-state index in [1.54, 1.807) is 6.92 Å². The Kier molecular flexibility index (Phi) is 4.55. The number of Topliss-reactive ketones (excluding diaryl/α,β-unsaturated/α-hetero) is 1. The van der Waals surface area contributed by atoms with Gasteiger partial charge in [0, 0.05) is 6.42 Å². The predicted molar refractivity (Wildman–Crippen MR) is 45.9 cm³/mol. The van der Waals surface area contributed by atoms with E-state index in [-0.39, 0.29) is 17.6 Å². The molecule has 0 heterocycles. The summed E-state index contributed by atoms with van der Waals surface area (Å²) in [4.78, 5) is 21.1. The van der Waals surface area contributed by atoms with Gasteiger partial charge in [0.25, 0.3) is 0 Å². The lowest BCUT2D eigenvalue weighted by Crippen LogP contribution is -2.14. The Morgan fingerprint density at radius 3 is 2.17 bits per heavy atom. The minimum atomic E-state index is -0.787. The zero-order valence-corrected chi connectivity index (χ0v) is 7.83. The summed E-state index contributed by atoms with van der Waals surface area (Å²) in [5.74, 6) is -0.835. The molecule has 1 N–H and O–H groups in total. The van der Waals surface area contributed by atoms with Crippen molar-refractivity contribution in [3.8, 4) is 0 Å². The molecule has 0 amide bonds. The monoisotopic (exact) mass is 172 g/mol. The van der Waals surface area contributed by atoms with E-state index in [2.05, 4.69) is 0 Å². The molecule has 12 heavy (non-hydrogen) atoms. The summed E-state index contributed by atoms with van der Waals surface area (Å²) in [6.45, 7) is 5.10. The standard InChI is InChI=1S/C9H16O3/c1-6(5-8(3)10)4-7(2)9(11)12/h6-7H,4-5H2,1-3H3,(H,11,12). The summed E-state index contributed by atoms with van der Waals surface area (Å²) in [5.41, 5.74) is 0. The van der Waals surface area contributed by atoms with Gasteiger partial charge in [0.05, 0.1) is 5.92 Å². The van der Waals surface area contributed by atoms with Crippen molar-refractivity contribution in [3.63, 3.8) is 0 Å². The average molecular weight is 172 g/mol. The Morgan fingerprint density at radius 1 is 1.33 bits per heavy atom. The molecule has 0 aromatic rings. The SMILES string of the molecule is CC(=O)CC(C)CC(C)C(=O)O. The Balaban J connectivity index is 3.76. The number of hydrogen-bond donors (Lipinski definition) is 1. The molecular weight excluding hydrogens is 156 g/mol. The lowest BCUT2D eigenvalue weighted by atomic mass is 9.94. The van der Waals surface area contributed by atoms with Crippen LogP contribution in [0.3, 0.4) is 0 Å². The first-order valence-corrected chi connectivity index (χ1v) is 4.15. The molecule has 2 atom stereocenters. The highest BCUT2D eigenvalue weighted by Crippen LogP contribution is 2.15. The summed E-state index contributed by atoms with van der Waals surface area (Å²) >= 11 is 0. The lowest BCUT2D eigenvalue weighted by molar-refractivity contribution is -0.141. The van der Waals surface area contributed by atoms with Crippen LogP contribution < -0.4 is 0 Å². The van der Waals surface area contributed by atoms with Gasteiger partial charge in [0.1, 0.15) is 5.78 Å². The van der Waals surface area contributed by atoms with E-state index in [0.29, 0.717) is 12.8 Å². The third-order valence-electron chi connectivity index (χ3n) is 1.81. The van der Waals surface area contributed by atoms with Crippen LogP contribution in [0.1, 0.15) is 33.6 Å². The van der Waals surface area contributed by atoms with E-state index in [1.807, 2.05) is 6.92 Å². The van der Waals surface area contributed by atoms with Crippen LogP contribution in [0.2, 0.25) is 0 Å². The summed E-state index contributed by atoms with van der Waals surface area (Å²) in [7, 11) is 0. The van der Waals surface area contributed by atoms with Crippen molar-refractivity contribution in [1.29, 1.82) is 0 Å². The zero-order chi connectivity index (χ0) is 9.72. The molecule has 0 saturated carbocycles. The highest BCUT2D eigenvalue weighted by molar-refractivity contribution is 5.75. The van der Waals surface area contributed by atoms with Crippen LogP contribution in [-0.2, 0) is 9.59 Å². The second kappa shape index (κ2) is 4.91. The number of carbonyl (C=O) groups excluding carboxylic acids is 1. The molecule has 0 bridgehead atoms. The van der Waals surface area contributed by atoms with Crippen LogP contribution in [0.4, 0.5) is 0 Å². The first kappa shape index (κ1) is 11.1. The Hall–Kier alpha value is -0.860. The molecule has 0 spiro atoms. The fraction of sp³-hybridized carbons (Fsp3) is 0.778. The van der Waals surface area contributed by atoms with Crippen molar-refractivity contribution in [1.82, 2.24) is 0 Å². The van der Waals surface area contributed by atoms with Crippen LogP contribution in [-0.4, -0.2) is 16.9 Å². The fourth-order valence-corrected chi connectivity index (χ4v) is 1.28. The van der Waals surface area contributed by atoms with Gasteiger partial charge in [-0.25, -0.2) is 0 Å². The lowest BCUT2D eigenvalue weighted by Gasteiger charge is -2.11. The maximum Gasteiger partial charge on any atom is 0.306 e. The fourth-order valence-electron chi connectivity index (χ4n) is 1.28. The van der Waals surface area contributed by atoms with Crippen LogP contribution in [0.5, 0.6) is 0 Å². The van der Waals surface area contributed by atoms with Gasteiger partial charge in [-0.1, -0.05) is 13.8 Å². The van der Waals surface area contributed by atoms with E-state index >= 15 is 0 Å². The van der Waals surface area contributed by atoms with E-state index in [9.17, 15) is 9.59 Å². The largest absolute Gasteiger partial charge is 0.481 e. The molecule has 0 aliphatic rings. The smallest absolute Gasteiger partial charge is 0.306 e. The highest BCUT2D eigenvalue weighted by Gasteiger charge is 2.15. The van der Waals surface area contributed by atoms with E-state index in [4.69, 9.17) is 5.11 Å². The van der Waals surface area contributed by atoms with Gasteiger partial charge < -0.3 is 9.90 Å². The first-order valence-electron chi connectivity index (χ1n) is 4.15. The van der Waals surface area contributed by atoms with Gasteiger partial charge in [0.15, 0.2) is 0 Å². The molecule has 2 unspecified atom stereocenters. The Morgan fingerprint density at radius 2 is 1.83 bits per heavy atom. The zero-order valence-electron chi connectivity index (χ0n) is 7.83. The topological polar surface area (TPSA) is 54.4 Å². The maximum atomic E-state index is 10.7. The summed E-state index contributed by atoms with van der Waals surface area (Å²) in [5, 5.41) is 8.58. The van der Waals surface area contributed by atoms with Gasteiger partial charge >= 0.3 is 5.97 Å². The second-order valence-corrected chi connectivity index (χ2v) is 3.49. The van der Waals surface area contributed by atoms with Gasteiger partial charge in [-0.3, -0.25) is 4.79 Å². The van der Waals surface area contributed by atoms with Crippen molar-refractivity contribution in [2.45, 2.75) is 33.6 Å². The molecule has 0 saturated heterocycles. The van der Waals surface area contributed by atoms with Crippen molar-refractivity contribution < 1.29 is 14.7 Å². The van der Waals surface area contributed by atoms with Gasteiger partial charge in [-0.15, -0.1) is 0 Å². The summed E-state index contributed by atoms with van der Waals surface area (Å²) in [6, 6.07) is 0. The van der Waals surface area contributed by atoms with Gasteiger partial charge in [-0.05, 0) is 19.3 Å². The molecule has 0 aromatic carbocycles. The molecule has 3 heteroatoms. The maximum absolute atomic E-state index is 10.7. The molecule has 0 aliphatic heterocycles. The van der Waals surface area contributed by atoms with Crippen molar-refractivity contribution in [2.75, 3.05) is 0 Å². The number of carboxylic acids is 1. The number of carbonyl (C=O) groups is 2. The van der Waals surface area contributed by atoms with Crippen LogP contribution >= 0.6 is 0 Å². The van der Waals surface area contributed by atoms with Crippen LogP contribution in [0, 0.1) is 11.8 Å². The number of rotatable bonds is 5. The molecule has 0 fully saturated rings. The molecular formula is C9H16O3. The third kappa shape index (κ3) is 4.88. The highest BCUT2D eigenvalue weighted by atomic mass is 16.4. The van der Waals surface area contributed by atoms with Crippen molar-refractivity contribution >= 4 is 11.8 Å². The number of ketones is 1. The predicted octanol–water partition coefficient (Wildman–Crippen LogP) is 1.71. The Labute approximate surface area is 72.8 Å². The average Bonchev–Trinajstić information content (AvgIpc) is 1.84. The third-order valence-corrected chi connectivity index (χ3v) is 1.81. The minimum absolute atomic E-state index is 0.125. The summed E-state index contributed by atoms with van der Waals surface area (Å²) in [6.07, 6.45) is 1.06.